The Balaban J connectivity index is 2.61. The number of hydrogen-bond donors (Lipinski definition) is 1. The molecular formula is C13H20ClN. The van der Waals surface area contributed by atoms with Crippen molar-refractivity contribution in [3.8, 4) is 0 Å². The van der Waals surface area contributed by atoms with Crippen LogP contribution >= 0.6 is 11.6 Å². The summed E-state index contributed by atoms with van der Waals surface area (Å²) in [5.41, 5.74) is 2.31. The lowest BCUT2D eigenvalue weighted by atomic mass is 10.0. The predicted molar refractivity (Wildman–Crippen MR) is 68.8 cm³/mol. The first-order valence-electron chi connectivity index (χ1n) is 5.68. The molecule has 15 heavy (non-hydrogen) atoms. The maximum Gasteiger partial charge on any atom is 0.0455 e. The standard InChI is InChI=1S/C13H20ClN/c1-4-11(5-2)9-15-13-8-6-7-12(14)10(13)3/h6-8,11,15H,4-5,9H2,1-3H3. The van der Waals surface area contributed by atoms with Gasteiger partial charge in [0.05, 0.1) is 0 Å². The summed E-state index contributed by atoms with van der Waals surface area (Å²) in [7, 11) is 0. The van der Waals surface area contributed by atoms with Crippen LogP contribution in [0.25, 0.3) is 0 Å². The molecule has 1 aromatic rings. The highest BCUT2D eigenvalue weighted by atomic mass is 35.5. The Labute approximate surface area is 97.8 Å². The van der Waals surface area contributed by atoms with Gasteiger partial charge in [0.15, 0.2) is 0 Å². The Hall–Kier alpha value is -0.690. The Morgan fingerprint density at radius 1 is 1.27 bits per heavy atom. The van der Waals surface area contributed by atoms with Crippen LogP contribution in [-0.4, -0.2) is 6.54 Å². The lowest BCUT2D eigenvalue weighted by Crippen LogP contribution is -2.13. The highest BCUT2D eigenvalue weighted by Crippen LogP contribution is 2.23. The number of rotatable bonds is 5. The molecule has 0 atom stereocenters. The van der Waals surface area contributed by atoms with E-state index in [1.165, 1.54) is 12.8 Å². The molecule has 0 fully saturated rings. The van der Waals surface area contributed by atoms with E-state index >= 15 is 0 Å². The van der Waals surface area contributed by atoms with Gasteiger partial charge in [-0.3, -0.25) is 0 Å². The number of benzene rings is 1. The maximum absolute atomic E-state index is 6.06. The van der Waals surface area contributed by atoms with Gasteiger partial charge < -0.3 is 5.32 Å². The summed E-state index contributed by atoms with van der Waals surface area (Å²) >= 11 is 6.06. The first kappa shape index (κ1) is 12.4. The number of halogens is 1. The SMILES string of the molecule is CCC(CC)CNc1cccc(Cl)c1C. The molecule has 0 saturated heterocycles. The second kappa shape index (κ2) is 6.02. The predicted octanol–water partition coefficient (Wildman–Crippen LogP) is 4.50. The number of hydrogen-bond acceptors (Lipinski definition) is 1. The van der Waals surface area contributed by atoms with E-state index in [1.807, 2.05) is 12.1 Å². The van der Waals surface area contributed by atoms with Gasteiger partial charge in [-0.1, -0.05) is 44.4 Å². The fourth-order valence-corrected chi connectivity index (χ4v) is 1.81. The third kappa shape index (κ3) is 3.42. The lowest BCUT2D eigenvalue weighted by molar-refractivity contribution is 0.519. The van der Waals surface area contributed by atoms with Crippen molar-refractivity contribution >= 4 is 17.3 Å². The maximum atomic E-state index is 6.06. The minimum absolute atomic E-state index is 0.753. The van der Waals surface area contributed by atoms with Crippen molar-refractivity contribution in [2.75, 3.05) is 11.9 Å². The number of nitrogens with one attached hydrogen (secondary N) is 1. The topological polar surface area (TPSA) is 12.0 Å². The molecule has 0 aliphatic rings. The van der Waals surface area contributed by atoms with Crippen molar-refractivity contribution in [3.63, 3.8) is 0 Å². The van der Waals surface area contributed by atoms with Crippen molar-refractivity contribution in [2.24, 2.45) is 5.92 Å². The molecule has 0 heterocycles. The van der Waals surface area contributed by atoms with Crippen LogP contribution in [0.1, 0.15) is 32.3 Å². The van der Waals surface area contributed by atoms with E-state index in [2.05, 4.69) is 32.2 Å². The molecule has 1 nitrogen and oxygen atoms in total. The number of anilines is 1. The highest BCUT2D eigenvalue weighted by molar-refractivity contribution is 6.31. The van der Waals surface area contributed by atoms with E-state index < -0.39 is 0 Å². The van der Waals surface area contributed by atoms with Crippen LogP contribution in [-0.2, 0) is 0 Å². The molecule has 1 aromatic carbocycles. The van der Waals surface area contributed by atoms with Crippen molar-refractivity contribution < 1.29 is 0 Å². The normalized spacial score (nSPS) is 10.7. The fraction of sp³-hybridized carbons (Fsp3) is 0.538. The summed E-state index contributed by atoms with van der Waals surface area (Å²) in [6.07, 6.45) is 2.45. The van der Waals surface area contributed by atoms with E-state index in [1.54, 1.807) is 0 Å². The summed E-state index contributed by atoms with van der Waals surface area (Å²) in [5, 5.41) is 4.31. The van der Waals surface area contributed by atoms with Crippen molar-refractivity contribution in [2.45, 2.75) is 33.6 Å². The zero-order chi connectivity index (χ0) is 11.3. The van der Waals surface area contributed by atoms with Crippen LogP contribution in [0, 0.1) is 12.8 Å². The first-order valence-corrected chi connectivity index (χ1v) is 6.05. The van der Waals surface area contributed by atoms with Crippen LogP contribution in [0.15, 0.2) is 18.2 Å². The van der Waals surface area contributed by atoms with Gasteiger partial charge in [0.25, 0.3) is 0 Å². The molecule has 84 valence electrons. The van der Waals surface area contributed by atoms with E-state index in [0.717, 1.165) is 28.7 Å². The minimum Gasteiger partial charge on any atom is -0.385 e. The molecule has 0 spiro atoms. The molecule has 1 N–H and O–H groups in total. The third-order valence-corrected chi connectivity index (χ3v) is 3.41. The van der Waals surface area contributed by atoms with E-state index in [0.29, 0.717) is 0 Å². The molecule has 0 aliphatic heterocycles. The molecule has 0 bridgehead atoms. The van der Waals surface area contributed by atoms with Gasteiger partial charge >= 0.3 is 0 Å². The van der Waals surface area contributed by atoms with Crippen molar-refractivity contribution in [1.29, 1.82) is 0 Å². The van der Waals surface area contributed by atoms with Gasteiger partial charge in [0, 0.05) is 17.3 Å². The van der Waals surface area contributed by atoms with Crippen molar-refractivity contribution in [3.05, 3.63) is 28.8 Å². The minimum atomic E-state index is 0.753. The van der Waals surface area contributed by atoms with Gasteiger partial charge in [-0.25, -0.2) is 0 Å². The molecule has 0 unspecified atom stereocenters. The molecule has 2 heteroatoms. The molecule has 1 rings (SSSR count). The summed E-state index contributed by atoms with van der Waals surface area (Å²) in [5.74, 6) is 0.753. The van der Waals surface area contributed by atoms with Crippen molar-refractivity contribution in [1.82, 2.24) is 0 Å². The summed E-state index contributed by atoms with van der Waals surface area (Å²) < 4.78 is 0. The van der Waals surface area contributed by atoms with Gasteiger partial charge in [0.2, 0.25) is 0 Å². The molecule has 0 saturated carbocycles. The van der Waals surface area contributed by atoms with E-state index in [9.17, 15) is 0 Å². The lowest BCUT2D eigenvalue weighted by Gasteiger charge is -2.16. The van der Waals surface area contributed by atoms with Crippen LogP contribution < -0.4 is 5.32 Å². The molecule has 0 aromatic heterocycles. The average Bonchev–Trinajstić information content (AvgIpc) is 2.25. The molecule has 0 radical (unpaired) electrons. The zero-order valence-corrected chi connectivity index (χ0v) is 10.6. The van der Waals surface area contributed by atoms with E-state index in [4.69, 9.17) is 11.6 Å². The fourth-order valence-electron chi connectivity index (χ4n) is 1.63. The summed E-state index contributed by atoms with van der Waals surface area (Å²) in [6.45, 7) is 7.56. The van der Waals surface area contributed by atoms with Gasteiger partial charge in [-0.05, 0) is 30.5 Å². The Morgan fingerprint density at radius 2 is 1.93 bits per heavy atom. The quantitative estimate of drug-likeness (QED) is 0.778. The van der Waals surface area contributed by atoms with Crippen LogP contribution in [0.3, 0.4) is 0 Å². The third-order valence-electron chi connectivity index (χ3n) is 3.00. The molecular weight excluding hydrogens is 206 g/mol. The van der Waals surface area contributed by atoms with E-state index in [-0.39, 0.29) is 0 Å². The van der Waals surface area contributed by atoms with Crippen LogP contribution in [0.5, 0.6) is 0 Å². The highest BCUT2D eigenvalue weighted by Gasteiger charge is 2.05. The van der Waals surface area contributed by atoms with Gasteiger partial charge in [-0.2, -0.15) is 0 Å². The van der Waals surface area contributed by atoms with Crippen LogP contribution in [0.4, 0.5) is 5.69 Å². The monoisotopic (exact) mass is 225 g/mol. The summed E-state index contributed by atoms with van der Waals surface area (Å²) in [6, 6.07) is 6.01. The molecule has 0 aliphatic carbocycles. The second-order valence-corrected chi connectivity index (χ2v) is 4.38. The zero-order valence-electron chi connectivity index (χ0n) is 9.81. The second-order valence-electron chi connectivity index (χ2n) is 3.98. The smallest absolute Gasteiger partial charge is 0.0455 e. The Kier molecular flexibility index (Phi) is 4.97. The van der Waals surface area contributed by atoms with Gasteiger partial charge in [0.1, 0.15) is 0 Å². The summed E-state index contributed by atoms with van der Waals surface area (Å²) in [4.78, 5) is 0. The Morgan fingerprint density at radius 3 is 2.53 bits per heavy atom. The van der Waals surface area contributed by atoms with Gasteiger partial charge in [-0.15, -0.1) is 0 Å². The Bertz CT molecular complexity index is 305. The average molecular weight is 226 g/mol. The first-order chi connectivity index (χ1) is 7.19. The largest absolute Gasteiger partial charge is 0.385 e. The molecule has 0 amide bonds. The van der Waals surface area contributed by atoms with Crippen LogP contribution in [0.2, 0.25) is 5.02 Å².